The first kappa shape index (κ1) is 15.7. The summed E-state index contributed by atoms with van der Waals surface area (Å²) in [4.78, 5) is 0. The molecule has 4 heteroatoms. The van der Waals surface area contributed by atoms with Gasteiger partial charge in [0.2, 0.25) is 0 Å². The normalized spacial score (nSPS) is 20.1. The molecule has 22 heavy (non-hydrogen) atoms. The van der Waals surface area contributed by atoms with E-state index in [1.807, 2.05) is 20.8 Å². The molecule has 1 aromatic rings. The second-order valence-electron chi connectivity index (χ2n) is 7.65. The lowest BCUT2D eigenvalue weighted by molar-refractivity contribution is -0.204. The fourth-order valence-electron chi connectivity index (χ4n) is 3.66. The van der Waals surface area contributed by atoms with Crippen molar-refractivity contribution < 1.29 is 17.9 Å². The summed E-state index contributed by atoms with van der Waals surface area (Å²) in [5.41, 5.74) is -1.56. The van der Waals surface area contributed by atoms with Crippen molar-refractivity contribution in [1.82, 2.24) is 0 Å². The molecule has 0 spiro atoms. The van der Waals surface area contributed by atoms with E-state index in [-0.39, 0.29) is 17.4 Å². The van der Waals surface area contributed by atoms with Crippen LogP contribution in [-0.4, -0.2) is 11.8 Å². The van der Waals surface area contributed by atoms with E-state index in [1.54, 1.807) is 24.3 Å². The lowest BCUT2D eigenvalue weighted by atomic mass is 9.71. The highest BCUT2D eigenvalue weighted by Gasteiger charge is 2.68. The number of rotatable bonds is 4. The van der Waals surface area contributed by atoms with Gasteiger partial charge in [-0.2, -0.15) is 13.2 Å². The standard InChI is InChI=1S/C18H23F3O/c1-16(2,3)22-15-10-8-14(9-11-15)17(12-4-5-12,13-6-7-13)18(19,20)21/h8-13H,4-7H2,1-3H3. The number of halogens is 3. The van der Waals surface area contributed by atoms with Crippen molar-refractivity contribution in [2.75, 3.05) is 0 Å². The molecular weight excluding hydrogens is 289 g/mol. The molecule has 0 unspecified atom stereocenters. The van der Waals surface area contributed by atoms with Crippen molar-refractivity contribution >= 4 is 0 Å². The van der Waals surface area contributed by atoms with Crippen LogP contribution in [0, 0.1) is 11.8 Å². The molecule has 2 aliphatic rings. The summed E-state index contributed by atoms with van der Waals surface area (Å²) in [6.07, 6.45) is -1.42. The van der Waals surface area contributed by atoms with Gasteiger partial charge in [-0.25, -0.2) is 0 Å². The number of hydrogen-bond acceptors (Lipinski definition) is 1. The van der Waals surface area contributed by atoms with E-state index in [0.717, 1.165) is 0 Å². The summed E-state index contributed by atoms with van der Waals surface area (Å²) in [5.74, 6) is 0.141. The van der Waals surface area contributed by atoms with Gasteiger partial charge >= 0.3 is 6.18 Å². The van der Waals surface area contributed by atoms with Crippen LogP contribution in [0.1, 0.15) is 52.0 Å². The van der Waals surface area contributed by atoms with E-state index >= 15 is 0 Å². The molecular formula is C18H23F3O. The van der Waals surface area contributed by atoms with E-state index in [4.69, 9.17) is 4.74 Å². The first-order chi connectivity index (χ1) is 10.1. The summed E-state index contributed by atoms with van der Waals surface area (Å²) >= 11 is 0. The SMILES string of the molecule is CC(C)(C)Oc1ccc(C(C2CC2)(C2CC2)C(F)(F)F)cc1. The minimum absolute atomic E-state index is 0.241. The van der Waals surface area contributed by atoms with Gasteiger partial charge in [0.05, 0.1) is 5.41 Å². The maximum absolute atomic E-state index is 14.0. The first-order valence-electron chi connectivity index (χ1n) is 8.01. The molecule has 0 amide bonds. The molecule has 122 valence electrons. The maximum Gasteiger partial charge on any atom is 0.398 e. The molecule has 2 fully saturated rings. The predicted molar refractivity (Wildman–Crippen MR) is 80.0 cm³/mol. The van der Waals surface area contributed by atoms with Crippen molar-refractivity contribution in [1.29, 1.82) is 0 Å². The molecule has 0 radical (unpaired) electrons. The minimum Gasteiger partial charge on any atom is -0.488 e. The smallest absolute Gasteiger partial charge is 0.398 e. The molecule has 0 N–H and O–H groups in total. The van der Waals surface area contributed by atoms with Crippen molar-refractivity contribution in [2.45, 2.75) is 63.6 Å². The summed E-state index contributed by atoms with van der Waals surface area (Å²) < 4.78 is 47.7. The van der Waals surface area contributed by atoms with E-state index in [9.17, 15) is 13.2 Å². The third-order valence-electron chi connectivity index (χ3n) is 4.67. The van der Waals surface area contributed by atoms with Gasteiger partial charge in [0.1, 0.15) is 11.4 Å². The van der Waals surface area contributed by atoms with Crippen molar-refractivity contribution in [3.05, 3.63) is 29.8 Å². The molecule has 2 aliphatic carbocycles. The van der Waals surface area contributed by atoms with E-state index < -0.39 is 11.6 Å². The van der Waals surface area contributed by atoms with E-state index in [0.29, 0.717) is 37.0 Å². The summed E-state index contributed by atoms with van der Waals surface area (Å²) in [5, 5.41) is 0. The highest BCUT2D eigenvalue weighted by atomic mass is 19.4. The van der Waals surface area contributed by atoms with Gasteiger partial charge in [0, 0.05) is 0 Å². The van der Waals surface area contributed by atoms with Crippen LogP contribution in [0.2, 0.25) is 0 Å². The van der Waals surface area contributed by atoms with Crippen molar-refractivity contribution in [3.63, 3.8) is 0 Å². The lowest BCUT2D eigenvalue weighted by Crippen LogP contribution is -2.46. The van der Waals surface area contributed by atoms with Gasteiger partial charge in [-0.3, -0.25) is 0 Å². The highest BCUT2D eigenvalue weighted by Crippen LogP contribution is 2.65. The van der Waals surface area contributed by atoms with Gasteiger partial charge < -0.3 is 4.74 Å². The van der Waals surface area contributed by atoms with Gasteiger partial charge in [0.25, 0.3) is 0 Å². The molecule has 0 aliphatic heterocycles. The molecule has 2 saturated carbocycles. The Kier molecular flexibility index (Phi) is 3.50. The predicted octanol–water partition coefficient (Wildman–Crippen LogP) is 5.48. The number of alkyl halides is 3. The fraction of sp³-hybridized carbons (Fsp3) is 0.667. The van der Waals surface area contributed by atoms with Crippen molar-refractivity contribution in [2.24, 2.45) is 11.8 Å². The minimum atomic E-state index is -4.18. The maximum atomic E-state index is 14.0. The largest absolute Gasteiger partial charge is 0.488 e. The van der Waals surface area contributed by atoms with Crippen LogP contribution in [0.3, 0.4) is 0 Å². The Morgan fingerprint density at radius 2 is 1.32 bits per heavy atom. The lowest BCUT2D eigenvalue weighted by Gasteiger charge is -2.37. The molecule has 0 saturated heterocycles. The summed E-state index contributed by atoms with van der Waals surface area (Å²) in [6.45, 7) is 5.78. The molecule has 0 bridgehead atoms. The van der Waals surface area contributed by atoms with Crippen LogP contribution >= 0.6 is 0 Å². The van der Waals surface area contributed by atoms with Crippen molar-refractivity contribution in [3.8, 4) is 5.75 Å². The Balaban J connectivity index is 1.95. The second-order valence-corrected chi connectivity index (χ2v) is 7.65. The zero-order chi connectivity index (χ0) is 16.2. The Morgan fingerprint density at radius 1 is 0.864 bits per heavy atom. The summed E-state index contributed by atoms with van der Waals surface area (Å²) in [6, 6.07) is 6.63. The zero-order valence-electron chi connectivity index (χ0n) is 13.3. The first-order valence-corrected chi connectivity index (χ1v) is 8.01. The average Bonchev–Trinajstić information content (AvgIpc) is 3.22. The van der Waals surface area contributed by atoms with Crippen LogP contribution < -0.4 is 4.74 Å². The molecule has 1 aromatic carbocycles. The number of hydrogen-bond donors (Lipinski definition) is 0. The van der Waals surface area contributed by atoms with Crippen LogP contribution in [0.5, 0.6) is 5.75 Å². The fourth-order valence-corrected chi connectivity index (χ4v) is 3.66. The molecule has 3 rings (SSSR count). The van der Waals surface area contributed by atoms with Gasteiger partial charge in [-0.1, -0.05) is 12.1 Å². The van der Waals surface area contributed by atoms with Gasteiger partial charge in [-0.05, 0) is 76.0 Å². The number of benzene rings is 1. The topological polar surface area (TPSA) is 9.23 Å². The molecule has 0 atom stereocenters. The van der Waals surface area contributed by atoms with E-state index in [2.05, 4.69) is 0 Å². The average molecular weight is 312 g/mol. The Bertz CT molecular complexity index is 519. The monoisotopic (exact) mass is 312 g/mol. The third-order valence-corrected chi connectivity index (χ3v) is 4.67. The Labute approximate surface area is 129 Å². The van der Waals surface area contributed by atoms with Crippen LogP contribution in [0.4, 0.5) is 13.2 Å². The third kappa shape index (κ3) is 2.72. The second kappa shape index (κ2) is 4.90. The van der Waals surface area contributed by atoms with E-state index in [1.165, 1.54) is 0 Å². The van der Waals surface area contributed by atoms with Crippen LogP contribution in [0.15, 0.2) is 24.3 Å². The van der Waals surface area contributed by atoms with Gasteiger partial charge in [-0.15, -0.1) is 0 Å². The van der Waals surface area contributed by atoms with Gasteiger partial charge in [0.15, 0.2) is 0 Å². The molecule has 0 heterocycles. The highest BCUT2D eigenvalue weighted by molar-refractivity contribution is 5.38. The zero-order valence-corrected chi connectivity index (χ0v) is 13.3. The Morgan fingerprint density at radius 3 is 1.64 bits per heavy atom. The Hall–Kier alpha value is -1.19. The molecule has 0 aromatic heterocycles. The quantitative estimate of drug-likeness (QED) is 0.715. The van der Waals surface area contributed by atoms with Crippen LogP contribution in [-0.2, 0) is 5.41 Å². The number of ether oxygens (including phenoxy) is 1. The molecule has 1 nitrogen and oxygen atoms in total. The summed E-state index contributed by atoms with van der Waals surface area (Å²) in [7, 11) is 0. The van der Waals surface area contributed by atoms with Crippen LogP contribution in [0.25, 0.3) is 0 Å².